The Hall–Kier alpha value is -1.48. The number of ether oxygens (including phenoxy) is 1. The van der Waals surface area contributed by atoms with Gasteiger partial charge in [-0.25, -0.2) is 12.7 Å². The molecule has 0 aliphatic carbocycles. The predicted molar refractivity (Wildman–Crippen MR) is 83.9 cm³/mol. The van der Waals surface area contributed by atoms with E-state index in [9.17, 15) is 13.2 Å². The van der Waals surface area contributed by atoms with Gasteiger partial charge in [0.1, 0.15) is 0 Å². The van der Waals surface area contributed by atoms with Crippen LogP contribution in [0.5, 0.6) is 0 Å². The number of sulfonamides is 1. The molecular formula is C14H23N3O4S. The molecule has 2 N–H and O–H groups in total. The quantitative estimate of drug-likeness (QED) is 0.612. The molecule has 0 saturated heterocycles. The molecule has 8 heteroatoms. The highest BCUT2D eigenvalue weighted by Crippen LogP contribution is 2.18. The maximum absolute atomic E-state index is 12.2. The van der Waals surface area contributed by atoms with Gasteiger partial charge < -0.3 is 15.4 Å². The molecule has 0 aliphatic rings. The summed E-state index contributed by atoms with van der Waals surface area (Å²) in [6, 6.07) is 6.63. The van der Waals surface area contributed by atoms with Gasteiger partial charge in [-0.15, -0.1) is 0 Å². The molecule has 0 heterocycles. The third kappa shape index (κ3) is 5.38. The SMILES string of the molecule is COCCNCC(=O)NCc1ccccc1S(=O)(=O)N(C)C. The molecule has 0 saturated carbocycles. The minimum absolute atomic E-state index is 0.159. The van der Waals surface area contributed by atoms with Crippen LogP contribution >= 0.6 is 0 Å². The van der Waals surface area contributed by atoms with E-state index in [4.69, 9.17) is 4.74 Å². The van der Waals surface area contributed by atoms with Gasteiger partial charge in [0.15, 0.2) is 0 Å². The summed E-state index contributed by atoms with van der Waals surface area (Å²) in [5.41, 5.74) is 0.557. The molecule has 7 nitrogen and oxygen atoms in total. The van der Waals surface area contributed by atoms with Gasteiger partial charge in [0.05, 0.1) is 18.0 Å². The van der Waals surface area contributed by atoms with E-state index in [-0.39, 0.29) is 23.9 Å². The second-order valence-electron chi connectivity index (χ2n) is 4.84. The first-order valence-electron chi connectivity index (χ1n) is 6.86. The van der Waals surface area contributed by atoms with Gasteiger partial charge in [-0.1, -0.05) is 18.2 Å². The number of rotatable bonds is 9. The van der Waals surface area contributed by atoms with Crippen LogP contribution in [0.2, 0.25) is 0 Å². The predicted octanol–water partition coefficient (Wildman–Crippen LogP) is -0.211. The molecule has 0 atom stereocenters. The zero-order chi connectivity index (χ0) is 16.6. The Morgan fingerprint density at radius 3 is 2.59 bits per heavy atom. The Labute approximate surface area is 131 Å². The van der Waals surface area contributed by atoms with Crippen LogP contribution in [0.4, 0.5) is 0 Å². The summed E-state index contributed by atoms with van der Waals surface area (Å²) >= 11 is 0. The highest BCUT2D eigenvalue weighted by molar-refractivity contribution is 7.89. The zero-order valence-corrected chi connectivity index (χ0v) is 13.9. The van der Waals surface area contributed by atoms with Gasteiger partial charge in [-0.05, 0) is 11.6 Å². The fourth-order valence-electron chi connectivity index (χ4n) is 1.73. The van der Waals surface area contributed by atoms with Gasteiger partial charge in [0.25, 0.3) is 0 Å². The monoisotopic (exact) mass is 329 g/mol. The number of hydrogen-bond acceptors (Lipinski definition) is 5. The fourth-order valence-corrected chi connectivity index (χ4v) is 2.85. The van der Waals surface area contributed by atoms with Crippen molar-refractivity contribution >= 4 is 15.9 Å². The molecule has 1 amide bonds. The van der Waals surface area contributed by atoms with Gasteiger partial charge in [0.2, 0.25) is 15.9 Å². The minimum Gasteiger partial charge on any atom is -0.383 e. The summed E-state index contributed by atoms with van der Waals surface area (Å²) in [6.45, 7) is 1.42. The van der Waals surface area contributed by atoms with Gasteiger partial charge in [0, 0.05) is 34.3 Å². The highest BCUT2D eigenvalue weighted by Gasteiger charge is 2.20. The molecule has 0 radical (unpaired) electrons. The first-order chi connectivity index (χ1) is 10.4. The summed E-state index contributed by atoms with van der Waals surface area (Å²) in [4.78, 5) is 11.9. The van der Waals surface area contributed by atoms with E-state index in [0.717, 1.165) is 4.31 Å². The Morgan fingerprint density at radius 1 is 1.27 bits per heavy atom. The van der Waals surface area contributed by atoms with Crippen LogP contribution in [-0.2, 0) is 26.1 Å². The van der Waals surface area contributed by atoms with Gasteiger partial charge in [-0.2, -0.15) is 0 Å². The van der Waals surface area contributed by atoms with E-state index in [0.29, 0.717) is 18.7 Å². The van der Waals surface area contributed by atoms with E-state index in [1.165, 1.54) is 20.2 Å². The second kappa shape index (κ2) is 8.84. The maximum Gasteiger partial charge on any atom is 0.242 e. The summed E-state index contributed by atoms with van der Waals surface area (Å²) in [5.74, 6) is -0.201. The highest BCUT2D eigenvalue weighted by atomic mass is 32.2. The average molecular weight is 329 g/mol. The summed E-state index contributed by atoms with van der Waals surface area (Å²) < 4.78 is 30.5. The molecular weight excluding hydrogens is 306 g/mol. The van der Waals surface area contributed by atoms with Crippen molar-refractivity contribution in [3.8, 4) is 0 Å². The molecule has 124 valence electrons. The number of nitrogens with zero attached hydrogens (tertiary/aromatic N) is 1. The Bertz CT molecular complexity index is 588. The van der Waals surface area contributed by atoms with Crippen molar-refractivity contribution in [3.05, 3.63) is 29.8 Å². The number of carbonyl (C=O) groups is 1. The van der Waals surface area contributed by atoms with Gasteiger partial charge >= 0.3 is 0 Å². The number of carbonyl (C=O) groups excluding carboxylic acids is 1. The van der Waals surface area contributed by atoms with Gasteiger partial charge in [-0.3, -0.25) is 4.79 Å². The number of benzene rings is 1. The van der Waals surface area contributed by atoms with Crippen LogP contribution < -0.4 is 10.6 Å². The lowest BCUT2D eigenvalue weighted by molar-refractivity contribution is -0.120. The molecule has 0 fully saturated rings. The molecule has 1 rings (SSSR count). The van der Waals surface area contributed by atoms with Crippen molar-refractivity contribution in [1.82, 2.24) is 14.9 Å². The lowest BCUT2D eigenvalue weighted by Gasteiger charge is -2.15. The van der Waals surface area contributed by atoms with Crippen molar-refractivity contribution in [2.24, 2.45) is 0 Å². The van der Waals surface area contributed by atoms with Crippen LogP contribution in [-0.4, -0.2) is 59.5 Å². The fraction of sp³-hybridized carbons (Fsp3) is 0.500. The molecule has 0 unspecified atom stereocenters. The average Bonchev–Trinajstić information content (AvgIpc) is 2.49. The Balaban J connectivity index is 2.66. The van der Waals surface area contributed by atoms with Crippen LogP contribution in [0.3, 0.4) is 0 Å². The molecule has 1 aromatic carbocycles. The van der Waals surface area contributed by atoms with Crippen molar-refractivity contribution in [3.63, 3.8) is 0 Å². The van der Waals surface area contributed by atoms with Crippen molar-refractivity contribution in [1.29, 1.82) is 0 Å². The lowest BCUT2D eigenvalue weighted by Crippen LogP contribution is -2.35. The second-order valence-corrected chi connectivity index (χ2v) is 6.96. The van der Waals surface area contributed by atoms with Crippen LogP contribution in [0.15, 0.2) is 29.2 Å². The largest absolute Gasteiger partial charge is 0.383 e. The first-order valence-corrected chi connectivity index (χ1v) is 8.30. The zero-order valence-electron chi connectivity index (χ0n) is 13.1. The van der Waals surface area contributed by atoms with E-state index in [2.05, 4.69) is 10.6 Å². The molecule has 0 spiro atoms. The van der Waals surface area contributed by atoms with Crippen molar-refractivity contribution in [2.75, 3.05) is 40.9 Å². The van der Waals surface area contributed by atoms with E-state index < -0.39 is 10.0 Å². The summed E-state index contributed by atoms with van der Waals surface area (Å²) in [6.07, 6.45) is 0. The van der Waals surface area contributed by atoms with Crippen LogP contribution in [0.1, 0.15) is 5.56 Å². The third-order valence-electron chi connectivity index (χ3n) is 2.98. The molecule has 0 aromatic heterocycles. The number of amides is 1. The standard InChI is InChI=1S/C14H23N3O4S/c1-17(2)22(19,20)13-7-5-4-6-12(13)10-16-14(18)11-15-8-9-21-3/h4-7,15H,8-11H2,1-3H3,(H,16,18). The van der Waals surface area contributed by atoms with E-state index in [1.54, 1.807) is 25.3 Å². The minimum atomic E-state index is -3.53. The Kier molecular flexibility index (Phi) is 7.46. The Morgan fingerprint density at radius 2 is 1.95 bits per heavy atom. The molecule has 22 heavy (non-hydrogen) atoms. The number of methoxy groups -OCH3 is 1. The lowest BCUT2D eigenvalue weighted by atomic mass is 10.2. The molecule has 0 bridgehead atoms. The summed E-state index contributed by atoms with van der Waals surface area (Å²) in [5, 5.41) is 5.62. The first kappa shape index (κ1) is 18.6. The van der Waals surface area contributed by atoms with E-state index >= 15 is 0 Å². The normalized spacial score (nSPS) is 11.6. The van der Waals surface area contributed by atoms with Crippen LogP contribution in [0, 0.1) is 0 Å². The van der Waals surface area contributed by atoms with Crippen molar-refractivity contribution < 1.29 is 17.9 Å². The number of nitrogens with one attached hydrogen (secondary N) is 2. The number of hydrogen-bond donors (Lipinski definition) is 2. The smallest absolute Gasteiger partial charge is 0.242 e. The molecule has 1 aromatic rings. The maximum atomic E-state index is 12.2. The van der Waals surface area contributed by atoms with E-state index in [1.807, 2.05) is 0 Å². The third-order valence-corrected chi connectivity index (χ3v) is 4.89. The van der Waals surface area contributed by atoms with Crippen LogP contribution in [0.25, 0.3) is 0 Å². The topological polar surface area (TPSA) is 87.7 Å². The molecule has 0 aliphatic heterocycles. The summed E-state index contributed by atoms with van der Waals surface area (Å²) in [7, 11) is 1.01. The van der Waals surface area contributed by atoms with Crippen molar-refractivity contribution in [2.45, 2.75) is 11.4 Å².